The Morgan fingerprint density at radius 3 is 2.81 bits per heavy atom. The van der Waals surface area contributed by atoms with Gasteiger partial charge in [0.15, 0.2) is 0 Å². The van der Waals surface area contributed by atoms with Crippen LogP contribution in [-0.2, 0) is 9.59 Å². The largest absolute Gasteiger partial charge is 0.370 e. The molecule has 1 aromatic rings. The number of hydrogen-bond acceptors (Lipinski definition) is 3. The molecule has 0 spiro atoms. The van der Waals surface area contributed by atoms with Crippen LogP contribution in [0.25, 0.3) is 0 Å². The van der Waals surface area contributed by atoms with Crippen LogP contribution in [-0.4, -0.2) is 30.4 Å². The molecule has 2 amide bonds. The minimum atomic E-state index is -0.387. The van der Waals surface area contributed by atoms with Gasteiger partial charge in [0, 0.05) is 24.7 Å². The van der Waals surface area contributed by atoms with E-state index in [0.717, 1.165) is 5.69 Å². The van der Waals surface area contributed by atoms with Crippen molar-refractivity contribution in [2.45, 2.75) is 31.8 Å². The van der Waals surface area contributed by atoms with E-state index in [1.165, 1.54) is 0 Å². The summed E-state index contributed by atoms with van der Waals surface area (Å²) in [5.41, 5.74) is 5.87. The lowest BCUT2D eigenvalue weighted by molar-refractivity contribution is -0.120. The smallest absolute Gasteiger partial charge is 0.244 e. The van der Waals surface area contributed by atoms with Gasteiger partial charge in [-0.25, -0.2) is 0 Å². The van der Waals surface area contributed by atoms with Gasteiger partial charge in [0.05, 0.1) is 16.1 Å². The third-order valence-electron chi connectivity index (χ3n) is 3.41. The summed E-state index contributed by atoms with van der Waals surface area (Å²) in [5, 5.41) is 4.01. The van der Waals surface area contributed by atoms with Crippen molar-refractivity contribution in [1.29, 1.82) is 0 Å². The van der Waals surface area contributed by atoms with Crippen molar-refractivity contribution in [1.82, 2.24) is 5.32 Å². The Bertz CT molecular complexity index is 565. The molecule has 1 aliphatic heterocycles. The lowest BCUT2D eigenvalue weighted by Gasteiger charge is -2.20. The van der Waals surface area contributed by atoms with E-state index in [9.17, 15) is 9.59 Å². The number of carbonyl (C=O) groups is 2. The molecular weight excluding hydrogens is 313 g/mol. The monoisotopic (exact) mass is 329 g/mol. The maximum Gasteiger partial charge on any atom is 0.244 e. The second kappa shape index (κ2) is 6.64. The molecule has 114 valence electrons. The van der Waals surface area contributed by atoms with E-state index in [4.69, 9.17) is 28.9 Å². The third kappa shape index (κ3) is 3.87. The molecule has 0 bridgehead atoms. The lowest BCUT2D eigenvalue weighted by Crippen LogP contribution is -2.43. The molecule has 0 saturated carbocycles. The zero-order valence-corrected chi connectivity index (χ0v) is 13.1. The number of rotatable bonds is 5. The standard InChI is InChI=1S/C14H17Cl2N3O2/c1-8(6-13(17)20)18-12-4-5-19(14(12)21)9-2-3-10(15)11(16)7-9/h2-3,7-8,12,18H,4-6H2,1H3,(H2,17,20)/t8-,12-/m1/s1. The zero-order chi connectivity index (χ0) is 15.6. The Kier molecular flexibility index (Phi) is 5.08. The van der Waals surface area contributed by atoms with E-state index in [1.807, 2.05) is 6.92 Å². The summed E-state index contributed by atoms with van der Waals surface area (Å²) < 4.78 is 0. The van der Waals surface area contributed by atoms with Gasteiger partial charge in [0.2, 0.25) is 11.8 Å². The summed E-state index contributed by atoms with van der Waals surface area (Å²) in [6.45, 7) is 2.43. The van der Waals surface area contributed by atoms with E-state index in [0.29, 0.717) is 23.0 Å². The number of nitrogens with two attached hydrogens (primary N) is 1. The first-order chi connectivity index (χ1) is 9.88. The van der Waals surface area contributed by atoms with Gasteiger partial charge < -0.3 is 16.0 Å². The highest BCUT2D eigenvalue weighted by molar-refractivity contribution is 6.42. The van der Waals surface area contributed by atoms with Crippen molar-refractivity contribution in [2.75, 3.05) is 11.4 Å². The number of primary amides is 1. The topological polar surface area (TPSA) is 75.4 Å². The Labute approximate surface area is 133 Å². The molecule has 2 atom stereocenters. The molecule has 7 heteroatoms. The van der Waals surface area contributed by atoms with Crippen LogP contribution in [0, 0.1) is 0 Å². The van der Waals surface area contributed by atoms with Crippen molar-refractivity contribution in [3.8, 4) is 0 Å². The van der Waals surface area contributed by atoms with Gasteiger partial charge in [-0.05, 0) is 31.5 Å². The quantitative estimate of drug-likeness (QED) is 0.866. The van der Waals surface area contributed by atoms with Gasteiger partial charge in [-0.15, -0.1) is 0 Å². The van der Waals surface area contributed by atoms with E-state index >= 15 is 0 Å². The van der Waals surface area contributed by atoms with Crippen LogP contribution < -0.4 is 16.0 Å². The van der Waals surface area contributed by atoms with Crippen LogP contribution in [0.4, 0.5) is 5.69 Å². The Morgan fingerprint density at radius 2 is 2.19 bits per heavy atom. The van der Waals surface area contributed by atoms with Crippen LogP contribution in [0.5, 0.6) is 0 Å². The maximum absolute atomic E-state index is 12.4. The minimum absolute atomic E-state index is 0.0373. The Balaban J connectivity index is 2.04. The molecular formula is C14H17Cl2N3O2. The predicted octanol–water partition coefficient (Wildman–Crippen LogP) is 1.95. The van der Waals surface area contributed by atoms with E-state index in [1.54, 1.807) is 23.1 Å². The summed E-state index contributed by atoms with van der Waals surface area (Å²) in [6, 6.07) is 4.67. The third-order valence-corrected chi connectivity index (χ3v) is 4.15. The number of carbonyl (C=O) groups excluding carboxylic acids is 2. The highest BCUT2D eigenvalue weighted by Gasteiger charge is 2.33. The fourth-order valence-electron chi connectivity index (χ4n) is 2.45. The zero-order valence-electron chi connectivity index (χ0n) is 11.6. The predicted molar refractivity (Wildman–Crippen MR) is 83.6 cm³/mol. The summed E-state index contributed by atoms with van der Waals surface area (Å²) in [7, 11) is 0. The first-order valence-electron chi connectivity index (χ1n) is 6.69. The average molecular weight is 330 g/mol. The van der Waals surface area contributed by atoms with E-state index in [2.05, 4.69) is 5.32 Å². The van der Waals surface area contributed by atoms with Crippen LogP contribution in [0.15, 0.2) is 18.2 Å². The fourth-order valence-corrected chi connectivity index (χ4v) is 2.74. The van der Waals surface area contributed by atoms with Crippen LogP contribution in [0.2, 0.25) is 10.0 Å². The highest BCUT2D eigenvalue weighted by atomic mass is 35.5. The second-order valence-electron chi connectivity index (χ2n) is 5.17. The summed E-state index contributed by atoms with van der Waals surface area (Å²) in [5.74, 6) is -0.425. The summed E-state index contributed by atoms with van der Waals surface area (Å²) in [4.78, 5) is 24.9. The molecule has 1 aliphatic rings. The van der Waals surface area contributed by atoms with Crippen molar-refractivity contribution >= 4 is 40.7 Å². The van der Waals surface area contributed by atoms with Crippen molar-refractivity contribution in [2.24, 2.45) is 5.73 Å². The molecule has 1 saturated heterocycles. The molecule has 0 aromatic heterocycles. The van der Waals surface area contributed by atoms with Crippen LogP contribution >= 0.6 is 23.2 Å². The number of anilines is 1. The number of benzene rings is 1. The van der Waals surface area contributed by atoms with Gasteiger partial charge in [-0.3, -0.25) is 9.59 Å². The highest BCUT2D eigenvalue weighted by Crippen LogP contribution is 2.29. The summed E-state index contributed by atoms with van der Waals surface area (Å²) >= 11 is 11.9. The minimum Gasteiger partial charge on any atom is -0.370 e. The molecule has 1 heterocycles. The SMILES string of the molecule is C[C@H](CC(N)=O)N[C@@H]1CCN(c2ccc(Cl)c(Cl)c2)C1=O. The molecule has 0 unspecified atom stereocenters. The van der Waals surface area contributed by atoms with Gasteiger partial charge in [0.1, 0.15) is 0 Å². The first-order valence-corrected chi connectivity index (χ1v) is 7.45. The molecule has 1 fully saturated rings. The normalized spacial score (nSPS) is 19.9. The number of nitrogens with one attached hydrogen (secondary N) is 1. The van der Waals surface area contributed by atoms with Crippen LogP contribution in [0.3, 0.4) is 0 Å². The van der Waals surface area contributed by atoms with Crippen molar-refractivity contribution < 1.29 is 9.59 Å². The number of amides is 2. The molecule has 3 N–H and O–H groups in total. The molecule has 21 heavy (non-hydrogen) atoms. The molecule has 0 aliphatic carbocycles. The fraction of sp³-hybridized carbons (Fsp3) is 0.429. The number of hydrogen-bond donors (Lipinski definition) is 2. The Morgan fingerprint density at radius 1 is 1.48 bits per heavy atom. The van der Waals surface area contributed by atoms with Gasteiger partial charge >= 0.3 is 0 Å². The summed E-state index contributed by atoms with van der Waals surface area (Å²) in [6.07, 6.45) is 0.874. The number of nitrogens with zero attached hydrogens (tertiary/aromatic N) is 1. The number of halogens is 2. The molecule has 5 nitrogen and oxygen atoms in total. The van der Waals surface area contributed by atoms with E-state index < -0.39 is 0 Å². The van der Waals surface area contributed by atoms with Gasteiger partial charge in [0.25, 0.3) is 0 Å². The van der Waals surface area contributed by atoms with Crippen molar-refractivity contribution in [3.63, 3.8) is 0 Å². The lowest BCUT2D eigenvalue weighted by atomic mass is 10.1. The van der Waals surface area contributed by atoms with Gasteiger partial charge in [-0.2, -0.15) is 0 Å². The van der Waals surface area contributed by atoms with Gasteiger partial charge in [-0.1, -0.05) is 23.2 Å². The average Bonchev–Trinajstić information content (AvgIpc) is 2.74. The van der Waals surface area contributed by atoms with E-state index in [-0.39, 0.29) is 30.3 Å². The maximum atomic E-state index is 12.4. The first kappa shape index (κ1) is 16.1. The van der Waals surface area contributed by atoms with Crippen LogP contribution in [0.1, 0.15) is 19.8 Å². The molecule has 2 rings (SSSR count). The Hall–Kier alpha value is -1.30. The molecule has 1 aromatic carbocycles. The van der Waals surface area contributed by atoms with Crippen molar-refractivity contribution in [3.05, 3.63) is 28.2 Å². The second-order valence-corrected chi connectivity index (χ2v) is 5.98. The molecule has 0 radical (unpaired) electrons.